The number of carboxylic acids is 1. The molecule has 1 aromatic carbocycles. The Balaban J connectivity index is 2.62. The minimum absolute atomic E-state index is 0.0895. The molecule has 0 heterocycles. The number of benzene rings is 1. The number of anilines is 1. The molecule has 0 aliphatic rings. The van der Waals surface area contributed by atoms with Crippen LogP contribution in [-0.2, 0) is 4.79 Å². The standard InChI is InChI=1S/C14H18BrClN2O3/c1-3-4-9(13(19)20)7-17-14(21)18-12-6-11(16)8(2)5-10(12)15/h5-6,9H,3-4,7H2,1-2H3,(H,19,20)(H2,17,18,21). The summed E-state index contributed by atoms with van der Waals surface area (Å²) in [6, 6.07) is 2.98. The van der Waals surface area contributed by atoms with Gasteiger partial charge >= 0.3 is 12.0 Å². The lowest BCUT2D eigenvalue weighted by atomic mass is 10.0. The van der Waals surface area contributed by atoms with E-state index in [1.807, 2.05) is 13.8 Å². The van der Waals surface area contributed by atoms with E-state index < -0.39 is 17.9 Å². The van der Waals surface area contributed by atoms with Gasteiger partial charge in [-0.05, 0) is 47.0 Å². The summed E-state index contributed by atoms with van der Waals surface area (Å²) in [7, 11) is 0. The second-order valence-electron chi connectivity index (χ2n) is 4.74. The maximum absolute atomic E-state index is 11.8. The first-order chi connectivity index (χ1) is 9.85. The van der Waals surface area contributed by atoms with Crippen molar-refractivity contribution in [2.75, 3.05) is 11.9 Å². The highest BCUT2D eigenvalue weighted by Crippen LogP contribution is 2.29. The lowest BCUT2D eigenvalue weighted by Crippen LogP contribution is -2.35. The van der Waals surface area contributed by atoms with Crippen molar-refractivity contribution in [3.63, 3.8) is 0 Å². The van der Waals surface area contributed by atoms with Gasteiger partial charge in [0.1, 0.15) is 0 Å². The molecule has 1 unspecified atom stereocenters. The fourth-order valence-electron chi connectivity index (χ4n) is 1.79. The molecule has 1 rings (SSSR count). The Morgan fingerprint density at radius 1 is 1.43 bits per heavy atom. The molecule has 3 N–H and O–H groups in total. The lowest BCUT2D eigenvalue weighted by molar-refractivity contribution is -0.141. The van der Waals surface area contributed by atoms with Gasteiger partial charge in [-0.3, -0.25) is 4.79 Å². The Hall–Kier alpha value is -1.27. The molecule has 0 aromatic heterocycles. The molecule has 0 aliphatic heterocycles. The molecule has 5 nitrogen and oxygen atoms in total. The summed E-state index contributed by atoms with van der Waals surface area (Å²) in [6.07, 6.45) is 1.27. The maximum atomic E-state index is 11.8. The van der Waals surface area contributed by atoms with Crippen LogP contribution in [0.15, 0.2) is 16.6 Å². The van der Waals surface area contributed by atoms with Gasteiger partial charge in [-0.15, -0.1) is 0 Å². The number of carbonyl (C=O) groups is 2. The largest absolute Gasteiger partial charge is 0.481 e. The minimum atomic E-state index is -0.906. The summed E-state index contributed by atoms with van der Waals surface area (Å²) < 4.78 is 0.711. The number of hydrogen-bond donors (Lipinski definition) is 3. The van der Waals surface area contributed by atoms with Crippen LogP contribution in [0.25, 0.3) is 0 Å². The number of halogens is 2. The van der Waals surface area contributed by atoms with Gasteiger partial charge in [-0.25, -0.2) is 4.79 Å². The van der Waals surface area contributed by atoms with E-state index in [0.29, 0.717) is 21.6 Å². The van der Waals surface area contributed by atoms with Crippen LogP contribution in [0.4, 0.5) is 10.5 Å². The number of carboxylic acid groups (broad SMARTS) is 1. The summed E-state index contributed by atoms with van der Waals surface area (Å²) in [5, 5.41) is 14.8. The average Bonchev–Trinajstić information content (AvgIpc) is 2.40. The van der Waals surface area contributed by atoms with Crippen molar-refractivity contribution in [2.45, 2.75) is 26.7 Å². The molecule has 116 valence electrons. The monoisotopic (exact) mass is 376 g/mol. The number of urea groups is 1. The van der Waals surface area contributed by atoms with Gasteiger partial charge in [0.05, 0.1) is 11.6 Å². The van der Waals surface area contributed by atoms with Gasteiger partial charge < -0.3 is 15.7 Å². The molecule has 0 aliphatic carbocycles. The van der Waals surface area contributed by atoms with E-state index in [9.17, 15) is 9.59 Å². The molecule has 0 radical (unpaired) electrons. The Kier molecular flexibility index (Phi) is 6.98. The Labute approximate surface area is 137 Å². The van der Waals surface area contributed by atoms with E-state index >= 15 is 0 Å². The number of rotatable bonds is 6. The van der Waals surface area contributed by atoms with E-state index in [1.54, 1.807) is 12.1 Å². The Morgan fingerprint density at radius 2 is 2.10 bits per heavy atom. The van der Waals surface area contributed by atoms with Crippen LogP contribution in [0.3, 0.4) is 0 Å². The number of nitrogens with one attached hydrogen (secondary N) is 2. The van der Waals surface area contributed by atoms with Crippen molar-refractivity contribution in [1.82, 2.24) is 5.32 Å². The van der Waals surface area contributed by atoms with Gasteiger partial charge in [0.2, 0.25) is 0 Å². The molecule has 7 heteroatoms. The van der Waals surface area contributed by atoms with E-state index in [0.717, 1.165) is 12.0 Å². The van der Waals surface area contributed by atoms with E-state index in [2.05, 4.69) is 26.6 Å². The highest BCUT2D eigenvalue weighted by Gasteiger charge is 2.17. The van der Waals surface area contributed by atoms with E-state index in [1.165, 1.54) is 0 Å². The third-order valence-corrected chi connectivity index (χ3v) is 4.06. The highest BCUT2D eigenvalue weighted by atomic mass is 79.9. The van der Waals surface area contributed by atoms with Gasteiger partial charge in [0.25, 0.3) is 0 Å². The third kappa shape index (κ3) is 5.55. The summed E-state index contributed by atoms with van der Waals surface area (Å²) >= 11 is 9.35. The second kappa shape index (κ2) is 8.24. The summed E-state index contributed by atoms with van der Waals surface area (Å²) in [6.45, 7) is 3.85. The van der Waals surface area contributed by atoms with E-state index in [-0.39, 0.29) is 6.54 Å². The molecule has 1 aromatic rings. The smallest absolute Gasteiger partial charge is 0.319 e. The number of hydrogen-bond acceptors (Lipinski definition) is 2. The summed E-state index contributed by atoms with van der Waals surface area (Å²) in [5.74, 6) is -1.48. The van der Waals surface area contributed by atoms with Gasteiger partial charge in [0.15, 0.2) is 0 Å². The van der Waals surface area contributed by atoms with Crippen molar-refractivity contribution in [1.29, 1.82) is 0 Å². The Bertz CT molecular complexity index is 537. The molecule has 0 bridgehead atoms. The first-order valence-electron chi connectivity index (χ1n) is 6.58. The van der Waals surface area contributed by atoms with Crippen LogP contribution in [0.1, 0.15) is 25.3 Å². The predicted molar refractivity (Wildman–Crippen MR) is 86.9 cm³/mol. The second-order valence-corrected chi connectivity index (χ2v) is 6.00. The first kappa shape index (κ1) is 17.8. The van der Waals surface area contributed by atoms with Crippen LogP contribution in [0, 0.1) is 12.8 Å². The number of aliphatic carboxylic acids is 1. The molecular weight excluding hydrogens is 360 g/mol. The van der Waals surface area contributed by atoms with Crippen molar-refractivity contribution in [3.8, 4) is 0 Å². The fraction of sp³-hybridized carbons (Fsp3) is 0.429. The zero-order valence-corrected chi connectivity index (χ0v) is 14.2. The van der Waals surface area contributed by atoms with E-state index in [4.69, 9.17) is 16.7 Å². The highest BCUT2D eigenvalue weighted by molar-refractivity contribution is 9.10. The molecule has 0 fully saturated rings. The summed E-state index contributed by atoms with van der Waals surface area (Å²) in [4.78, 5) is 22.8. The molecular formula is C14H18BrClN2O3. The van der Waals surface area contributed by atoms with Crippen LogP contribution < -0.4 is 10.6 Å². The molecule has 0 saturated heterocycles. The van der Waals surface area contributed by atoms with Crippen molar-refractivity contribution in [2.24, 2.45) is 5.92 Å². The molecule has 2 amide bonds. The van der Waals surface area contributed by atoms with Crippen molar-refractivity contribution >= 4 is 45.2 Å². The zero-order chi connectivity index (χ0) is 16.0. The van der Waals surface area contributed by atoms with Crippen molar-refractivity contribution in [3.05, 3.63) is 27.2 Å². The van der Waals surface area contributed by atoms with Crippen LogP contribution in [0.5, 0.6) is 0 Å². The number of carbonyl (C=O) groups excluding carboxylic acids is 1. The van der Waals surface area contributed by atoms with Gasteiger partial charge in [-0.2, -0.15) is 0 Å². The lowest BCUT2D eigenvalue weighted by Gasteiger charge is -2.14. The van der Waals surface area contributed by atoms with Gasteiger partial charge in [-0.1, -0.05) is 24.9 Å². The third-order valence-electron chi connectivity index (χ3n) is 2.99. The van der Waals surface area contributed by atoms with Gasteiger partial charge in [0, 0.05) is 16.0 Å². The number of amides is 2. The Morgan fingerprint density at radius 3 is 2.67 bits per heavy atom. The zero-order valence-electron chi connectivity index (χ0n) is 11.9. The SMILES string of the molecule is CCCC(CNC(=O)Nc1cc(Cl)c(C)cc1Br)C(=O)O. The minimum Gasteiger partial charge on any atom is -0.481 e. The average molecular weight is 378 g/mol. The fourth-order valence-corrected chi connectivity index (χ4v) is 2.51. The molecule has 1 atom stereocenters. The maximum Gasteiger partial charge on any atom is 0.319 e. The van der Waals surface area contributed by atoms with Crippen LogP contribution in [0.2, 0.25) is 5.02 Å². The van der Waals surface area contributed by atoms with Crippen LogP contribution in [-0.4, -0.2) is 23.7 Å². The summed E-state index contributed by atoms with van der Waals surface area (Å²) in [5.41, 5.74) is 1.42. The normalized spacial score (nSPS) is 11.8. The molecule has 0 spiro atoms. The predicted octanol–water partition coefficient (Wildman–Crippen LogP) is 4.03. The molecule has 21 heavy (non-hydrogen) atoms. The van der Waals surface area contributed by atoms with Crippen molar-refractivity contribution < 1.29 is 14.7 Å². The topological polar surface area (TPSA) is 78.4 Å². The van der Waals surface area contributed by atoms with Crippen LogP contribution >= 0.6 is 27.5 Å². The first-order valence-corrected chi connectivity index (χ1v) is 7.75. The quantitative estimate of drug-likeness (QED) is 0.700. The number of aryl methyl sites for hydroxylation is 1. The molecule has 0 saturated carbocycles.